The number of methoxy groups -OCH3 is 1. The molecule has 1 aliphatic rings. The molecule has 10 heteroatoms. The maximum absolute atomic E-state index is 12.7. The minimum absolute atomic E-state index is 0.0673. The van der Waals surface area contributed by atoms with Crippen LogP contribution in [-0.4, -0.2) is 43.5 Å². The van der Waals surface area contributed by atoms with Crippen LogP contribution < -0.4 is 4.72 Å². The van der Waals surface area contributed by atoms with E-state index < -0.39 is 27.1 Å². The summed E-state index contributed by atoms with van der Waals surface area (Å²) in [5.74, 6) is 0.325. The van der Waals surface area contributed by atoms with Gasteiger partial charge in [-0.05, 0) is 19.3 Å². The van der Waals surface area contributed by atoms with Crippen LogP contribution in [0, 0.1) is 5.92 Å². The van der Waals surface area contributed by atoms with Crippen molar-refractivity contribution in [2.75, 3.05) is 20.3 Å². The van der Waals surface area contributed by atoms with Crippen molar-refractivity contribution in [1.29, 1.82) is 0 Å². The molecule has 2 atom stereocenters. The standard InChI is InChI=1S/C13H20F3N3O3S/c1-9(8-22-2)23(20,21)17-5-10-3-4-12-18-11(13(14,15)16)7-19(12)6-10/h7,9-10,17H,3-6,8H2,1-2H3/t9-,10-/m1/s1. The molecule has 1 N–H and O–H groups in total. The maximum atomic E-state index is 12.7. The number of fused-ring (bicyclic) bond motifs is 1. The zero-order valence-corrected chi connectivity index (χ0v) is 13.7. The molecule has 0 fully saturated rings. The predicted molar refractivity (Wildman–Crippen MR) is 77.3 cm³/mol. The number of hydrogen-bond donors (Lipinski definition) is 1. The van der Waals surface area contributed by atoms with Gasteiger partial charge in [-0.1, -0.05) is 0 Å². The fourth-order valence-electron chi connectivity index (χ4n) is 2.52. The zero-order valence-electron chi connectivity index (χ0n) is 12.9. The van der Waals surface area contributed by atoms with Gasteiger partial charge in [0, 0.05) is 32.8 Å². The predicted octanol–water partition coefficient (Wildman–Crippen LogP) is 1.42. The second-order valence-electron chi connectivity index (χ2n) is 5.76. The fraction of sp³-hybridized carbons (Fsp3) is 0.769. The number of aryl methyl sites for hydroxylation is 1. The molecule has 23 heavy (non-hydrogen) atoms. The topological polar surface area (TPSA) is 73.2 Å². The van der Waals surface area contributed by atoms with E-state index in [9.17, 15) is 21.6 Å². The number of nitrogens with zero attached hydrogens (tertiary/aromatic N) is 2. The molecule has 2 heterocycles. The summed E-state index contributed by atoms with van der Waals surface area (Å²) in [7, 11) is -2.07. The number of imidazole rings is 1. The van der Waals surface area contributed by atoms with E-state index in [4.69, 9.17) is 4.74 Å². The van der Waals surface area contributed by atoms with Crippen LogP contribution in [0.15, 0.2) is 6.20 Å². The SMILES string of the molecule is COC[C@@H](C)S(=O)(=O)NC[C@H]1CCc2nc(C(F)(F)F)cn2C1. The molecule has 0 saturated heterocycles. The van der Waals surface area contributed by atoms with E-state index in [1.807, 2.05) is 0 Å². The fourth-order valence-corrected chi connectivity index (χ4v) is 3.59. The molecule has 0 spiro atoms. The second-order valence-corrected chi connectivity index (χ2v) is 7.94. The minimum Gasteiger partial charge on any atom is -0.383 e. The first-order chi connectivity index (χ1) is 10.6. The maximum Gasteiger partial charge on any atom is 0.434 e. The minimum atomic E-state index is -4.46. The number of sulfonamides is 1. The lowest BCUT2D eigenvalue weighted by molar-refractivity contribution is -0.141. The van der Waals surface area contributed by atoms with Crippen molar-refractivity contribution in [3.8, 4) is 0 Å². The molecule has 0 saturated carbocycles. The molecule has 132 valence electrons. The molecule has 1 aromatic heterocycles. The highest BCUT2D eigenvalue weighted by Crippen LogP contribution is 2.30. The monoisotopic (exact) mass is 355 g/mol. The van der Waals surface area contributed by atoms with Crippen molar-refractivity contribution in [1.82, 2.24) is 14.3 Å². The number of rotatable bonds is 6. The summed E-state index contributed by atoms with van der Waals surface area (Å²) < 4.78 is 70.7. The highest BCUT2D eigenvalue weighted by molar-refractivity contribution is 7.90. The van der Waals surface area contributed by atoms with Gasteiger partial charge in [-0.2, -0.15) is 13.2 Å². The van der Waals surface area contributed by atoms with Crippen LogP contribution in [0.2, 0.25) is 0 Å². The number of nitrogens with one attached hydrogen (secondary N) is 1. The molecule has 0 aliphatic carbocycles. The Morgan fingerprint density at radius 3 is 2.83 bits per heavy atom. The van der Waals surface area contributed by atoms with E-state index in [1.165, 1.54) is 18.6 Å². The van der Waals surface area contributed by atoms with Gasteiger partial charge in [-0.25, -0.2) is 18.1 Å². The highest BCUT2D eigenvalue weighted by atomic mass is 32.2. The number of alkyl halides is 3. The van der Waals surface area contributed by atoms with Crippen LogP contribution in [0.25, 0.3) is 0 Å². The number of ether oxygens (including phenoxy) is 1. The molecule has 0 radical (unpaired) electrons. The smallest absolute Gasteiger partial charge is 0.383 e. The summed E-state index contributed by atoms with van der Waals surface area (Å²) in [5, 5.41) is -0.684. The summed E-state index contributed by atoms with van der Waals surface area (Å²) in [5.41, 5.74) is -0.901. The Labute approximate surface area is 133 Å². The van der Waals surface area contributed by atoms with Crippen molar-refractivity contribution in [3.05, 3.63) is 17.7 Å². The Bertz CT molecular complexity index is 643. The Balaban J connectivity index is 1.97. The molecule has 1 aliphatic heterocycles. The van der Waals surface area contributed by atoms with E-state index >= 15 is 0 Å². The van der Waals surface area contributed by atoms with Crippen molar-refractivity contribution >= 4 is 10.0 Å². The molecule has 6 nitrogen and oxygen atoms in total. The van der Waals surface area contributed by atoms with Crippen molar-refractivity contribution in [2.45, 2.75) is 37.7 Å². The third-order valence-electron chi connectivity index (χ3n) is 3.88. The highest BCUT2D eigenvalue weighted by Gasteiger charge is 2.36. The second kappa shape index (κ2) is 6.78. The third kappa shape index (κ3) is 4.45. The van der Waals surface area contributed by atoms with Crippen molar-refractivity contribution < 1.29 is 26.3 Å². The van der Waals surface area contributed by atoms with Crippen LogP contribution in [-0.2, 0) is 33.9 Å². The molecule has 0 amide bonds. The first-order valence-corrected chi connectivity index (χ1v) is 8.78. The zero-order chi connectivity index (χ0) is 17.3. The van der Waals surface area contributed by atoms with Gasteiger partial charge in [0.25, 0.3) is 0 Å². The van der Waals surface area contributed by atoms with Crippen LogP contribution in [0.1, 0.15) is 24.9 Å². The summed E-state index contributed by atoms with van der Waals surface area (Å²) in [6, 6.07) is 0. The van der Waals surface area contributed by atoms with Gasteiger partial charge in [0.2, 0.25) is 10.0 Å². The Kier molecular flexibility index (Phi) is 5.37. The van der Waals surface area contributed by atoms with Gasteiger partial charge >= 0.3 is 6.18 Å². The average molecular weight is 355 g/mol. The number of halogens is 3. The van der Waals surface area contributed by atoms with Crippen LogP contribution in [0.3, 0.4) is 0 Å². The summed E-state index contributed by atoms with van der Waals surface area (Å²) >= 11 is 0. The van der Waals surface area contributed by atoms with Gasteiger partial charge in [-0.3, -0.25) is 0 Å². The van der Waals surface area contributed by atoms with Crippen molar-refractivity contribution in [2.24, 2.45) is 5.92 Å². The molecule has 0 aromatic carbocycles. The molecule has 0 unspecified atom stereocenters. The first kappa shape index (κ1) is 18.2. The van der Waals surface area contributed by atoms with E-state index in [2.05, 4.69) is 9.71 Å². The molecule has 2 rings (SSSR count). The van der Waals surface area contributed by atoms with Crippen LogP contribution >= 0.6 is 0 Å². The summed E-state index contributed by atoms with van der Waals surface area (Å²) in [4.78, 5) is 3.60. The lowest BCUT2D eigenvalue weighted by Gasteiger charge is -2.24. The van der Waals surface area contributed by atoms with E-state index in [0.717, 1.165) is 6.20 Å². The largest absolute Gasteiger partial charge is 0.434 e. The number of aromatic nitrogens is 2. The quantitative estimate of drug-likeness (QED) is 0.838. The van der Waals surface area contributed by atoms with E-state index in [-0.39, 0.29) is 19.1 Å². The molecular formula is C13H20F3N3O3S. The Morgan fingerprint density at radius 2 is 2.22 bits per heavy atom. The normalized spacial score (nSPS) is 20.3. The van der Waals surface area contributed by atoms with Crippen molar-refractivity contribution in [3.63, 3.8) is 0 Å². The van der Waals surface area contributed by atoms with E-state index in [0.29, 0.717) is 25.2 Å². The summed E-state index contributed by atoms with van der Waals surface area (Å²) in [6.07, 6.45) is -2.48. The Hall–Kier alpha value is -1.13. The van der Waals surface area contributed by atoms with Crippen LogP contribution in [0.5, 0.6) is 0 Å². The lowest BCUT2D eigenvalue weighted by atomic mass is 10.00. The summed E-state index contributed by atoms with van der Waals surface area (Å²) in [6.45, 7) is 2.13. The molecule has 0 bridgehead atoms. The van der Waals surface area contributed by atoms with Gasteiger partial charge in [0.1, 0.15) is 5.82 Å². The molecular weight excluding hydrogens is 335 g/mol. The lowest BCUT2D eigenvalue weighted by Crippen LogP contribution is -2.39. The van der Waals surface area contributed by atoms with Gasteiger partial charge in [0.05, 0.1) is 11.9 Å². The molecule has 1 aromatic rings. The first-order valence-electron chi connectivity index (χ1n) is 7.24. The van der Waals surface area contributed by atoms with Crippen LogP contribution in [0.4, 0.5) is 13.2 Å². The average Bonchev–Trinajstić information content (AvgIpc) is 2.88. The van der Waals surface area contributed by atoms with E-state index in [1.54, 1.807) is 0 Å². The van der Waals surface area contributed by atoms with Gasteiger partial charge < -0.3 is 9.30 Å². The Morgan fingerprint density at radius 1 is 1.52 bits per heavy atom. The third-order valence-corrected chi connectivity index (χ3v) is 5.65. The van der Waals surface area contributed by atoms with Gasteiger partial charge in [-0.15, -0.1) is 0 Å². The van der Waals surface area contributed by atoms with Gasteiger partial charge in [0.15, 0.2) is 5.69 Å². The number of hydrogen-bond acceptors (Lipinski definition) is 4.